The van der Waals surface area contributed by atoms with Crippen molar-refractivity contribution in [1.29, 1.82) is 0 Å². The van der Waals surface area contributed by atoms with Gasteiger partial charge in [-0.1, -0.05) is 0 Å². The Bertz CT molecular complexity index is 287. The number of hydroxylamine groups is 1. The van der Waals surface area contributed by atoms with Crippen molar-refractivity contribution in [3.05, 3.63) is 11.1 Å². The number of carbonyl (C=O) groups is 1. The van der Waals surface area contributed by atoms with Crippen LogP contribution in [0.15, 0.2) is 5.38 Å². The fraction of sp³-hybridized carbons (Fsp3) is 0.200. The van der Waals surface area contributed by atoms with Gasteiger partial charge in [-0.3, -0.25) is 4.79 Å². The molecule has 0 aliphatic heterocycles. The Balaban J connectivity index is 2.87. The number of thiazole rings is 1. The van der Waals surface area contributed by atoms with Gasteiger partial charge in [-0.25, -0.2) is 4.98 Å². The molecule has 7 heteroatoms. The van der Waals surface area contributed by atoms with E-state index in [1.54, 1.807) is 5.48 Å². The van der Waals surface area contributed by atoms with E-state index in [-0.39, 0.29) is 10.8 Å². The van der Waals surface area contributed by atoms with Crippen molar-refractivity contribution >= 4 is 22.4 Å². The molecule has 1 atom stereocenters. The minimum atomic E-state index is -1.21. The lowest BCUT2D eigenvalue weighted by Crippen LogP contribution is -2.25. The Morgan fingerprint density at radius 3 is 2.83 bits per heavy atom. The summed E-state index contributed by atoms with van der Waals surface area (Å²) in [5.41, 5.74) is 7.10. The molecule has 12 heavy (non-hydrogen) atoms. The first-order valence-electron chi connectivity index (χ1n) is 2.98. The van der Waals surface area contributed by atoms with Crippen LogP contribution >= 0.6 is 11.3 Å². The maximum atomic E-state index is 10.4. The van der Waals surface area contributed by atoms with Crippen LogP contribution in [0.4, 0.5) is 5.13 Å². The summed E-state index contributed by atoms with van der Waals surface area (Å²) < 4.78 is 0. The molecule has 0 amide bonds. The molecule has 1 heterocycles. The second-order valence-electron chi connectivity index (χ2n) is 2.01. The third-order valence-electron chi connectivity index (χ3n) is 1.21. The first-order chi connectivity index (χ1) is 5.65. The summed E-state index contributed by atoms with van der Waals surface area (Å²) in [5.74, 6) is -1.21. The summed E-state index contributed by atoms with van der Waals surface area (Å²) in [6.45, 7) is 0. The normalized spacial score (nSPS) is 12.8. The number of carboxylic acid groups (broad SMARTS) is 1. The van der Waals surface area contributed by atoms with Crippen LogP contribution < -0.4 is 11.2 Å². The Labute approximate surface area is 71.6 Å². The zero-order valence-corrected chi connectivity index (χ0v) is 6.71. The van der Waals surface area contributed by atoms with Gasteiger partial charge in [0.15, 0.2) is 11.2 Å². The minimum absolute atomic E-state index is 0.201. The predicted octanol–water partition coefficient (Wildman–Crippen LogP) is -0.170. The molecule has 6 nitrogen and oxygen atoms in total. The molecule has 0 saturated heterocycles. The van der Waals surface area contributed by atoms with Crippen LogP contribution in [0.25, 0.3) is 0 Å². The lowest BCUT2D eigenvalue weighted by molar-refractivity contribution is -0.142. The average Bonchev–Trinajstić information content (AvgIpc) is 2.37. The number of rotatable bonds is 3. The van der Waals surface area contributed by atoms with Gasteiger partial charge in [0.25, 0.3) is 0 Å². The number of anilines is 1. The smallest absolute Gasteiger partial charge is 0.329 e. The molecule has 0 aromatic carbocycles. The number of hydrogen-bond donors (Lipinski definition) is 4. The second kappa shape index (κ2) is 3.48. The number of nitrogens with two attached hydrogens (primary N) is 1. The third-order valence-corrected chi connectivity index (χ3v) is 1.90. The van der Waals surface area contributed by atoms with Crippen LogP contribution in [0.5, 0.6) is 0 Å². The number of nitrogen functional groups attached to an aromatic ring is 1. The molecular weight excluding hydrogens is 182 g/mol. The van der Waals surface area contributed by atoms with Gasteiger partial charge in [0.1, 0.15) is 0 Å². The molecule has 0 aliphatic carbocycles. The number of aromatic nitrogens is 1. The monoisotopic (exact) mass is 189 g/mol. The van der Waals surface area contributed by atoms with Gasteiger partial charge in [-0.05, 0) is 0 Å². The van der Waals surface area contributed by atoms with E-state index in [1.807, 2.05) is 0 Å². The largest absolute Gasteiger partial charge is 0.480 e. The van der Waals surface area contributed by atoms with Crippen molar-refractivity contribution < 1.29 is 15.1 Å². The summed E-state index contributed by atoms with van der Waals surface area (Å²) in [5, 5.41) is 18.7. The molecule has 0 aliphatic rings. The third kappa shape index (κ3) is 1.70. The highest BCUT2D eigenvalue weighted by Crippen LogP contribution is 2.17. The van der Waals surface area contributed by atoms with Crippen LogP contribution in [0.1, 0.15) is 11.7 Å². The second-order valence-corrected chi connectivity index (χ2v) is 2.90. The van der Waals surface area contributed by atoms with E-state index >= 15 is 0 Å². The summed E-state index contributed by atoms with van der Waals surface area (Å²) >= 11 is 1.12. The zero-order chi connectivity index (χ0) is 9.14. The molecule has 1 unspecified atom stereocenters. The van der Waals surface area contributed by atoms with E-state index in [0.29, 0.717) is 0 Å². The number of nitrogens with one attached hydrogen (secondary N) is 1. The lowest BCUT2D eigenvalue weighted by Gasteiger charge is -2.04. The Morgan fingerprint density at radius 1 is 1.83 bits per heavy atom. The van der Waals surface area contributed by atoms with E-state index in [2.05, 4.69) is 4.98 Å². The number of carboxylic acids is 1. The molecule has 1 aromatic heterocycles. The topological polar surface area (TPSA) is 108 Å². The van der Waals surface area contributed by atoms with E-state index in [9.17, 15) is 4.79 Å². The molecular formula is C5H7N3O3S. The standard InChI is InChI=1S/C5H7N3O3S/c6-5-7-2(1-12-5)3(8-11)4(9)10/h1,3,8,11H,(H2,6,7)(H,9,10). The molecule has 0 fully saturated rings. The Kier molecular flexibility index (Phi) is 2.58. The highest BCUT2D eigenvalue weighted by Gasteiger charge is 2.20. The van der Waals surface area contributed by atoms with Crippen LogP contribution in [0.3, 0.4) is 0 Å². The van der Waals surface area contributed by atoms with Gasteiger partial charge in [-0.15, -0.1) is 11.3 Å². The van der Waals surface area contributed by atoms with Gasteiger partial charge < -0.3 is 16.0 Å². The van der Waals surface area contributed by atoms with Crippen molar-refractivity contribution in [1.82, 2.24) is 10.5 Å². The molecule has 0 saturated carbocycles. The van der Waals surface area contributed by atoms with Crippen molar-refractivity contribution in [3.8, 4) is 0 Å². The number of nitrogens with zero attached hydrogens (tertiary/aromatic N) is 1. The summed E-state index contributed by atoms with van der Waals surface area (Å²) in [6.07, 6.45) is 0. The summed E-state index contributed by atoms with van der Waals surface area (Å²) in [7, 11) is 0. The summed E-state index contributed by atoms with van der Waals surface area (Å²) in [4.78, 5) is 14.1. The van der Waals surface area contributed by atoms with Crippen molar-refractivity contribution in [2.75, 3.05) is 5.73 Å². The van der Waals surface area contributed by atoms with Crippen LogP contribution in [-0.2, 0) is 4.79 Å². The van der Waals surface area contributed by atoms with Crippen molar-refractivity contribution in [3.63, 3.8) is 0 Å². The molecule has 0 bridgehead atoms. The average molecular weight is 189 g/mol. The first kappa shape index (κ1) is 8.91. The van der Waals surface area contributed by atoms with Crippen molar-refractivity contribution in [2.45, 2.75) is 6.04 Å². The van der Waals surface area contributed by atoms with Crippen LogP contribution in [0, 0.1) is 0 Å². The Hall–Kier alpha value is -1.18. The number of hydrogen-bond acceptors (Lipinski definition) is 6. The van der Waals surface area contributed by atoms with Gasteiger partial charge >= 0.3 is 5.97 Å². The van der Waals surface area contributed by atoms with E-state index < -0.39 is 12.0 Å². The fourth-order valence-electron chi connectivity index (χ4n) is 0.681. The maximum Gasteiger partial charge on any atom is 0.329 e. The molecule has 0 spiro atoms. The minimum Gasteiger partial charge on any atom is -0.480 e. The summed E-state index contributed by atoms with van der Waals surface area (Å²) in [6, 6.07) is -1.21. The fourth-order valence-corrected chi connectivity index (χ4v) is 1.27. The van der Waals surface area contributed by atoms with Crippen molar-refractivity contribution in [2.24, 2.45) is 0 Å². The lowest BCUT2D eigenvalue weighted by atomic mass is 10.2. The maximum absolute atomic E-state index is 10.4. The predicted molar refractivity (Wildman–Crippen MR) is 41.8 cm³/mol. The van der Waals surface area contributed by atoms with Gasteiger partial charge in [0.2, 0.25) is 0 Å². The molecule has 0 radical (unpaired) electrons. The highest BCUT2D eigenvalue weighted by molar-refractivity contribution is 7.13. The van der Waals surface area contributed by atoms with E-state index in [0.717, 1.165) is 11.3 Å². The first-order valence-corrected chi connectivity index (χ1v) is 3.86. The van der Waals surface area contributed by atoms with Crippen LogP contribution in [-0.4, -0.2) is 21.3 Å². The molecule has 5 N–H and O–H groups in total. The molecule has 66 valence electrons. The zero-order valence-electron chi connectivity index (χ0n) is 5.89. The van der Waals surface area contributed by atoms with Crippen LogP contribution in [0.2, 0.25) is 0 Å². The van der Waals surface area contributed by atoms with E-state index in [4.69, 9.17) is 16.0 Å². The Morgan fingerprint density at radius 2 is 2.50 bits per heavy atom. The molecule has 1 aromatic rings. The van der Waals surface area contributed by atoms with E-state index in [1.165, 1.54) is 5.38 Å². The number of aliphatic carboxylic acids is 1. The quantitative estimate of drug-likeness (QED) is 0.491. The van der Waals surface area contributed by atoms with Gasteiger partial charge in [0.05, 0.1) is 5.69 Å². The SMILES string of the molecule is Nc1nc(C(NO)C(=O)O)cs1. The molecule has 1 rings (SSSR count). The highest BCUT2D eigenvalue weighted by atomic mass is 32.1. The van der Waals surface area contributed by atoms with Gasteiger partial charge in [-0.2, -0.15) is 5.48 Å². The van der Waals surface area contributed by atoms with Gasteiger partial charge in [0, 0.05) is 5.38 Å².